The number of aliphatic hydroxyl groups is 1. The first kappa shape index (κ1) is 18.9. The molecule has 0 saturated carbocycles. The van der Waals surface area contributed by atoms with E-state index in [0.29, 0.717) is 13.1 Å². The van der Waals surface area contributed by atoms with Crippen molar-refractivity contribution in [3.63, 3.8) is 0 Å². The lowest BCUT2D eigenvalue weighted by atomic mass is 9.90. The van der Waals surface area contributed by atoms with Crippen molar-refractivity contribution in [2.45, 2.75) is 40.7 Å². The number of rotatable bonds is 9. The third kappa shape index (κ3) is 5.88. The number of carbonyl (C=O) groups excluding carboxylic acids is 1. The Morgan fingerprint density at radius 2 is 1.85 bits per heavy atom. The van der Waals surface area contributed by atoms with E-state index in [4.69, 9.17) is 10.2 Å². The molecule has 0 bridgehead atoms. The summed E-state index contributed by atoms with van der Waals surface area (Å²) in [6, 6.07) is -0.880. The van der Waals surface area contributed by atoms with Crippen LogP contribution in [0.3, 0.4) is 0 Å². The van der Waals surface area contributed by atoms with Gasteiger partial charge >= 0.3 is 5.97 Å². The van der Waals surface area contributed by atoms with E-state index in [9.17, 15) is 9.59 Å². The van der Waals surface area contributed by atoms with Crippen LogP contribution in [0.2, 0.25) is 0 Å². The molecule has 0 aromatic carbocycles. The Balaban J connectivity index is 4.75. The Labute approximate surface area is 121 Å². The molecule has 118 valence electrons. The van der Waals surface area contributed by atoms with Crippen LogP contribution in [0.25, 0.3) is 0 Å². The molecular weight excluding hydrogens is 260 g/mol. The van der Waals surface area contributed by atoms with E-state index >= 15 is 0 Å². The van der Waals surface area contributed by atoms with Gasteiger partial charge in [-0.2, -0.15) is 0 Å². The molecule has 6 nitrogen and oxygen atoms in total. The zero-order chi connectivity index (χ0) is 15.9. The van der Waals surface area contributed by atoms with Crippen LogP contribution in [-0.4, -0.2) is 59.3 Å². The first-order valence-electron chi connectivity index (χ1n) is 7.02. The number of hydrogen-bond donors (Lipinski definition) is 3. The minimum atomic E-state index is -1.02. The number of nitrogens with zero attached hydrogens (tertiary/aromatic N) is 1. The summed E-state index contributed by atoms with van der Waals surface area (Å²) in [6.07, 6.45) is 0. The molecule has 0 fully saturated rings. The standard InChI is InChI=1S/C14H28N2O4/c1-6-16(7-8-17)9-14(4,5)13(20)15-11(10(2)3)12(18)19/h10-11,17H,6-9H2,1-5H3,(H,15,20)(H,18,19). The highest BCUT2D eigenvalue weighted by molar-refractivity contribution is 5.87. The van der Waals surface area contributed by atoms with Gasteiger partial charge in [-0.1, -0.05) is 20.8 Å². The number of amides is 1. The first-order valence-corrected chi connectivity index (χ1v) is 7.02. The number of likely N-dealkylation sites (N-methyl/N-ethyl adjacent to an activating group) is 1. The van der Waals surface area contributed by atoms with Crippen molar-refractivity contribution in [1.82, 2.24) is 10.2 Å². The van der Waals surface area contributed by atoms with Gasteiger partial charge < -0.3 is 20.4 Å². The van der Waals surface area contributed by atoms with Gasteiger partial charge in [-0.15, -0.1) is 0 Å². The largest absolute Gasteiger partial charge is 0.480 e. The minimum absolute atomic E-state index is 0.0370. The van der Waals surface area contributed by atoms with Crippen molar-refractivity contribution < 1.29 is 19.8 Å². The first-order chi connectivity index (χ1) is 9.15. The Kier molecular flexibility index (Phi) is 7.75. The molecule has 20 heavy (non-hydrogen) atoms. The summed E-state index contributed by atoms with van der Waals surface area (Å²) in [4.78, 5) is 25.4. The number of carboxylic acids is 1. The van der Waals surface area contributed by atoms with Crippen molar-refractivity contribution in [1.29, 1.82) is 0 Å². The molecule has 0 rings (SSSR count). The van der Waals surface area contributed by atoms with Crippen LogP contribution in [0.4, 0.5) is 0 Å². The lowest BCUT2D eigenvalue weighted by molar-refractivity contribution is -0.145. The van der Waals surface area contributed by atoms with E-state index in [0.717, 1.165) is 6.54 Å². The maximum atomic E-state index is 12.3. The predicted octanol–water partition coefficient (Wildman–Crippen LogP) is 0.552. The van der Waals surface area contributed by atoms with Gasteiger partial charge in [0, 0.05) is 13.1 Å². The van der Waals surface area contributed by atoms with Crippen LogP contribution >= 0.6 is 0 Å². The summed E-state index contributed by atoms with van der Waals surface area (Å²) < 4.78 is 0. The molecule has 0 aliphatic carbocycles. The van der Waals surface area contributed by atoms with E-state index < -0.39 is 17.4 Å². The van der Waals surface area contributed by atoms with Crippen LogP contribution < -0.4 is 5.32 Å². The summed E-state index contributed by atoms with van der Waals surface area (Å²) in [7, 11) is 0. The van der Waals surface area contributed by atoms with Crippen LogP contribution in [0, 0.1) is 11.3 Å². The quantitative estimate of drug-likeness (QED) is 0.576. The second kappa shape index (κ2) is 8.21. The molecule has 6 heteroatoms. The molecule has 0 aromatic heterocycles. The van der Waals surface area contributed by atoms with E-state index in [1.54, 1.807) is 27.7 Å². The Morgan fingerprint density at radius 3 is 2.20 bits per heavy atom. The molecule has 1 amide bonds. The molecule has 0 aromatic rings. The maximum absolute atomic E-state index is 12.3. The lowest BCUT2D eigenvalue weighted by Crippen LogP contribution is -2.52. The zero-order valence-corrected chi connectivity index (χ0v) is 13.1. The highest BCUT2D eigenvalue weighted by Crippen LogP contribution is 2.18. The van der Waals surface area contributed by atoms with Crippen molar-refractivity contribution in [3.8, 4) is 0 Å². The molecule has 0 radical (unpaired) electrons. The van der Waals surface area contributed by atoms with Gasteiger partial charge in [-0.3, -0.25) is 4.79 Å². The topological polar surface area (TPSA) is 89.9 Å². The van der Waals surface area contributed by atoms with Crippen LogP contribution in [0.1, 0.15) is 34.6 Å². The Morgan fingerprint density at radius 1 is 1.30 bits per heavy atom. The van der Waals surface area contributed by atoms with Gasteiger partial charge in [-0.25, -0.2) is 4.79 Å². The monoisotopic (exact) mass is 288 g/mol. The van der Waals surface area contributed by atoms with Crippen molar-refractivity contribution in [3.05, 3.63) is 0 Å². The minimum Gasteiger partial charge on any atom is -0.480 e. The molecule has 0 aliphatic rings. The molecule has 0 aliphatic heterocycles. The fourth-order valence-electron chi connectivity index (χ4n) is 1.97. The highest BCUT2D eigenvalue weighted by atomic mass is 16.4. The van der Waals surface area contributed by atoms with Gasteiger partial charge in [0.2, 0.25) is 5.91 Å². The molecule has 0 heterocycles. The van der Waals surface area contributed by atoms with E-state index in [1.165, 1.54) is 0 Å². The molecule has 0 spiro atoms. The van der Waals surface area contributed by atoms with Crippen LogP contribution in [0.15, 0.2) is 0 Å². The van der Waals surface area contributed by atoms with E-state index in [-0.39, 0.29) is 18.4 Å². The fraction of sp³-hybridized carbons (Fsp3) is 0.857. The molecule has 1 atom stereocenters. The van der Waals surface area contributed by atoms with Crippen LogP contribution in [-0.2, 0) is 9.59 Å². The average Bonchev–Trinajstić information content (AvgIpc) is 2.33. The number of aliphatic hydroxyl groups excluding tert-OH is 1. The van der Waals surface area contributed by atoms with E-state index in [2.05, 4.69) is 5.32 Å². The third-order valence-corrected chi connectivity index (χ3v) is 3.32. The highest BCUT2D eigenvalue weighted by Gasteiger charge is 2.33. The van der Waals surface area contributed by atoms with Gasteiger partial charge in [0.05, 0.1) is 12.0 Å². The zero-order valence-electron chi connectivity index (χ0n) is 13.1. The predicted molar refractivity (Wildman–Crippen MR) is 77.4 cm³/mol. The van der Waals surface area contributed by atoms with Gasteiger partial charge in [0.25, 0.3) is 0 Å². The molecule has 0 saturated heterocycles. The SMILES string of the molecule is CCN(CCO)CC(C)(C)C(=O)NC(C(=O)O)C(C)C. The molecule has 3 N–H and O–H groups in total. The number of carbonyl (C=O) groups is 2. The summed E-state index contributed by atoms with van der Waals surface area (Å²) in [5.41, 5.74) is -0.715. The third-order valence-electron chi connectivity index (χ3n) is 3.32. The maximum Gasteiger partial charge on any atom is 0.326 e. The van der Waals surface area contributed by atoms with Gasteiger partial charge in [0.1, 0.15) is 6.04 Å². The van der Waals surface area contributed by atoms with Gasteiger partial charge in [-0.05, 0) is 26.3 Å². The molecular formula is C14H28N2O4. The number of aliphatic carboxylic acids is 1. The Hall–Kier alpha value is -1.14. The average molecular weight is 288 g/mol. The number of carboxylic acid groups (broad SMARTS) is 1. The second-order valence-corrected chi connectivity index (χ2v) is 6.01. The van der Waals surface area contributed by atoms with Crippen LogP contribution in [0.5, 0.6) is 0 Å². The summed E-state index contributed by atoms with van der Waals surface area (Å²) in [6.45, 7) is 10.8. The van der Waals surface area contributed by atoms with Gasteiger partial charge in [0.15, 0.2) is 0 Å². The summed E-state index contributed by atoms with van der Waals surface area (Å²) >= 11 is 0. The summed E-state index contributed by atoms with van der Waals surface area (Å²) in [5, 5.41) is 20.7. The van der Waals surface area contributed by atoms with Crippen molar-refractivity contribution in [2.24, 2.45) is 11.3 Å². The van der Waals surface area contributed by atoms with Crippen molar-refractivity contribution >= 4 is 11.9 Å². The fourth-order valence-corrected chi connectivity index (χ4v) is 1.97. The summed E-state index contributed by atoms with van der Waals surface area (Å²) in [5.74, 6) is -1.48. The second-order valence-electron chi connectivity index (χ2n) is 6.01. The normalized spacial score (nSPS) is 13.6. The van der Waals surface area contributed by atoms with Crippen molar-refractivity contribution in [2.75, 3.05) is 26.2 Å². The Bertz CT molecular complexity index is 329. The molecule has 1 unspecified atom stereocenters. The number of nitrogens with one attached hydrogen (secondary N) is 1. The number of hydrogen-bond acceptors (Lipinski definition) is 4. The van der Waals surface area contributed by atoms with E-state index in [1.807, 2.05) is 11.8 Å². The smallest absolute Gasteiger partial charge is 0.326 e. The lowest BCUT2D eigenvalue weighted by Gasteiger charge is -2.32.